The third-order valence-electron chi connectivity index (χ3n) is 3.87. The van der Waals surface area contributed by atoms with Crippen LogP contribution in [-0.4, -0.2) is 48.1 Å². The second kappa shape index (κ2) is 7.38. The number of carbonyl (C=O) groups is 1. The van der Waals surface area contributed by atoms with E-state index in [4.69, 9.17) is 11.6 Å². The topological polar surface area (TPSA) is 36.4 Å². The monoisotopic (exact) mass is 349 g/mol. The van der Waals surface area contributed by atoms with Crippen molar-refractivity contribution >= 4 is 23.3 Å². The summed E-state index contributed by atoms with van der Waals surface area (Å²) in [6, 6.07) is 3.41. The number of rotatable bonds is 4. The molecule has 128 valence electrons. The summed E-state index contributed by atoms with van der Waals surface area (Å²) in [6.45, 7) is 1.41. The number of pyridine rings is 1. The van der Waals surface area contributed by atoms with Gasteiger partial charge in [-0.05, 0) is 31.9 Å². The molecule has 1 aliphatic rings. The molecule has 8 heteroatoms. The third-order valence-corrected chi connectivity index (χ3v) is 4.17. The van der Waals surface area contributed by atoms with Gasteiger partial charge in [0.25, 0.3) is 0 Å². The molecule has 1 aromatic rings. The molecule has 1 fully saturated rings. The Kier molecular flexibility index (Phi) is 5.73. The molecule has 1 atom stereocenters. The van der Waals surface area contributed by atoms with Crippen LogP contribution in [0, 0.1) is 5.92 Å². The first-order valence-electron chi connectivity index (χ1n) is 7.53. The number of hydrogen-bond donors (Lipinski definition) is 0. The van der Waals surface area contributed by atoms with Crippen LogP contribution in [0.15, 0.2) is 18.3 Å². The Labute approximate surface area is 138 Å². The van der Waals surface area contributed by atoms with Crippen LogP contribution in [0.5, 0.6) is 0 Å². The molecular weight excluding hydrogens is 331 g/mol. The first-order valence-corrected chi connectivity index (χ1v) is 7.90. The number of anilines is 1. The fourth-order valence-corrected chi connectivity index (χ4v) is 3.04. The minimum absolute atomic E-state index is 0.0409. The number of nitrogens with zero attached hydrogens (tertiary/aromatic N) is 3. The van der Waals surface area contributed by atoms with Crippen molar-refractivity contribution in [1.29, 1.82) is 0 Å². The lowest BCUT2D eigenvalue weighted by Crippen LogP contribution is -2.47. The second-order valence-corrected chi connectivity index (χ2v) is 5.97. The molecule has 0 saturated carbocycles. The maximum Gasteiger partial charge on any atom is 0.406 e. The molecule has 1 unspecified atom stereocenters. The van der Waals surface area contributed by atoms with Gasteiger partial charge in [0.15, 0.2) is 0 Å². The fourth-order valence-electron chi connectivity index (χ4n) is 2.80. The number of halogens is 4. The minimum atomic E-state index is -4.38. The van der Waals surface area contributed by atoms with Gasteiger partial charge in [0.1, 0.15) is 12.4 Å². The number of piperidine rings is 1. The third kappa shape index (κ3) is 4.73. The number of aromatic nitrogens is 1. The molecule has 1 aromatic heterocycles. The number of carbonyl (C=O) groups excluding carboxylic acids is 1. The maximum atomic E-state index is 12.6. The van der Waals surface area contributed by atoms with Crippen molar-refractivity contribution in [2.24, 2.45) is 5.92 Å². The van der Waals surface area contributed by atoms with E-state index in [1.165, 1.54) is 0 Å². The molecule has 2 heterocycles. The lowest BCUT2D eigenvalue weighted by molar-refractivity contribution is -0.163. The zero-order valence-electron chi connectivity index (χ0n) is 12.8. The van der Waals surface area contributed by atoms with Gasteiger partial charge >= 0.3 is 6.18 Å². The van der Waals surface area contributed by atoms with Crippen LogP contribution >= 0.6 is 11.6 Å². The largest absolute Gasteiger partial charge is 0.406 e. The van der Waals surface area contributed by atoms with E-state index in [0.717, 1.165) is 4.90 Å². The molecule has 1 amide bonds. The molecule has 0 aromatic carbocycles. The Hall–Kier alpha value is -1.50. The summed E-state index contributed by atoms with van der Waals surface area (Å²) in [5, 5.41) is 0.475. The lowest BCUT2D eigenvalue weighted by Gasteiger charge is -2.35. The van der Waals surface area contributed by atoms with Crippen LogP contribution in [0.1, 0.15) is 19.8 Å². The van der Waals surface area contributed by atoms with Crippen LogP contribution in [0.25, 0.3) is 0 Å². The van der Waals surface area contributed by atoms with Gasteiger partial charge in [0.05, 0.1) is 10.9 Å². The molecule has 1 saturated heterocycles. The Morgan fingerprint density at radius 3 is 2.87 bits per heavy atom. The summed E-state index contributed by atoms with van der Waals surface area (Å²) >= 11 is 6.11. The van der Waals surface area contributed by atoms with E-state index in [9.17, 15) is 18.0 Å². The highest BCUT2D eigenvalue weighted by atomic mass is 35.5. The average molecular weight is 350 g/mol. The number of amides is 1. The average Bonchev–Trinajstić information content (AvgIpc) is 2.51. The number of hydrogen-bond acceptors (Lipinski definition) is 3. The molecule has 23 heavy (non-hydrogen) atoms. The van der Waals surface area contributed by atoms with E-state index in [1.807, 2.05) is 4.90 Å². The Morgan fingerprint density at radius 2 is 2.26 bits per heavy atom. The minimum Gasteiger partial charge on any atom is -0.355 e. The van der Waals surface area contributed by atoms with E-state index in [0.29, 0.717) is 36.8 Å². The summed E-state index contributed by atoms with van der Waals surface area (Å²) in [6.07, 6.45) is -1.49. The van der Waals surface area contributed by atoms with Crippen LogP contribution in [-0.2, 0) is 4.79 Å². The molecule has 1 aliphatic heterocycles. The van der Waals surface area contributed by atoms with Crippen molar-refractivity contribution < 1.29 is 18.0 Å². The molecule has 4 nitrogen and oxygen atoms in total. The van der Waals surface area contributed by atoms with Crippen LogP contribution in [0.4, 0.5) is 19.0 Å². The second-order valence-electron chi connectivity index (χ2n) is 5.56. The van der Waals surface area contributed by atoms with E-state index in [-0.39, 0.29) is 6.54 Å². The molecule has 0 radical (unpaired) electrons. The maximum absolute atomic E-state index is 12.6. The van der Waals surface area contributed by atoms with E-state index >= 15 is 0 Å². The van der Waals surface area contributed by atoms with Gasteiger partial charge in [0, 0.05) is 25.8 Å². The lowest BCUT2D eigenvalue weighted by atomic mass is 9.96. The standard InChI is InChI=1S/C15H19ClF3N3O/c1-2-21(10-15(17,18)19)14(23)11-5-4-8-22(9-11)13-12(16)6-3-7-20-13/h3,6-7,11H,2,4-5,8-10H2,1H3. The number of alkyl halides is 3. The van der Waals surface area contributed by atoms with Gasteiger partial charge in [-0.15, -0.1) is 0 Å². The van der Waals surface area contributed by atoms with Gasteiger partial charge in [-0.3, -0.25) is 4.79 Å². The van der Waals surface area contributed by atoms with Crippen molar-refractivity contribution in [1.82, 2.24) is 9.88 Å². The van der Waals surface area contributed by atoms with Crippen LogP contribution < -0.4 is 4.90 Å². The first-order chi connectivity index (χ1) is 10.8. The van der Waals surface area contributed by atoms with Gasteiger partial charge in [-0.1, -0.05) is 11.6 Å². The highest BCUT2D eigenvalue weighted by Gasteiger charge is 2.36. The fraction of sp³-hybridized carbons (Fsp3) is 0.600. The summed E-state index contributed by atoms with van der Waals surface area (Å²) in [5.41, 5.74) is 0. The van der Waals surface area contributed by atoms with Crippen molar-refractivity contribution in [3.63, 3.8) is 0 Å². The smallest absolute Gasteiger partial charge is 0.355 e. The van der Waals surface area contributed by atoms with E-state index in [1.54, 1.807) is 25.3 Å². The van der Waals surface area contributed by atoms with E-state index in [2.05, 4.69) is 4.98 Å². The Morgan fingerprint density at radius 1 is 1.52 bits per heavy atom. The molecule has 0 aliphatic carbocycles. The predicted molar refractivity (Wildman–Crippen MR) is 82.5 cm³/mol. The highest BCUT2D eigenvalue weighted by Crippen LogP contribution is 2.28. The predicted octanol–water partition coefficient (Wildman–Crippen LogP) is 3.36. The highest BCUT2D eigenvalue weighted by molar-refractivity contribution is 6.32. The Balaban J connectivity index is 2.08. The van der Waals surface area contributed by atoms with Crippen molar-refractivity contribution in [2.75, 3.05) is 31.1 Å². The van der Waals surface area contributed by atoms with Gasteiger partial charge in [-0.25, -0.2) is 4.98 Å². The zero-order valence-corrected chi connectivity index (χ0v) is 13.6. The quantitative estimate of drug-likeness (QED) is 0.836. The molecule has 0 bridgehead atoms. The van der Waals surface area contributed by atoms with E-state index < -0.39 is 24.5 Å². The molecule has 0 N–H and O–H groups in total. The van der Waals surface area contributed by atoms with Crippen LogP contribution in [0.2, 0.25) is 5.02 Å². The zero-order chi connectivity index (χ0) is 17.0. The van der Waals surface area contributed by atoms with Crippen molar-refractivity contribution in [2.45, 2.75) is 25.9 Å². The summed E-state index contributed by atoms with van der Waals surface area (Å²) in [7, 11) is 0. The Bertz CT molecular complexity index is 553. The summed E-state index contributed by atoms with van der Waals surface area (Å²) in [4.78, 5) is 19.4. The van der Waals surface area contributed by atoms with Gasteiger partial charge in [0.2, 0.25) is 5.91 Å². The summed E-state index contributed by atoms with van der Waals surface area (Å²) in [5.74, 6) is -0.351. The first kappa shape index (κ1) is 17.8. The normalized spacial score (nSPS) is 18.8. The van der Waals surface area contributed by atoms with Crippen molar-refractivity contribution in [3.8, 4) is 0 Å². The molecule has 0 spiro atoms. The molecule has 2 rings (SSSR count). The van der Waals surface area contributed by atoms with Gasteiger partial charge in [-0.2, -0.15) is 13.2 Å². The van der Waals surface area contributed by atoms with Crippen LogP contribution in [0.3, 0.4) is 0 Å². The summed E-state index contributed by atoms with van der Waals surface area (Å²) < 4.78 is 37.7. The van der Waals surface area contributed by atoms with Gasteiger partial charge < -0.3 is 9.80 Å². The molecular formula is C15H19ClF3N3O. The SMILES string of the molecule is CCN(CC(F)(F)F)C(=O)C1CCCN(c2ncccc2Cl)C1. The van der Waals surface area contributed by atoms with Crippen molar-refractivity contribution in [3.05, 3.63) is 23.4 Å².